The van der Waals surface area contributed by atoms with Crippen LogP contribution in [-0.4, -0.2) is 49.6 Å². The summed E-state index contributed by atoms with van der Waals surface area (Å²) in [7, 11) is 0. The number of hydrogen-bond acceptors (Lipinski definition) is 9. The highest BCUT2D eigenvalue weighted by molar-refractivity contribution is 5.33. The molecule has 0 atom stereocenters. The number of anilines is 3. The van der Waals surface area contributed by atoms with E-state index in [1.165, 1.54) is 0 Å². The van der Waals surface area contributed by atoms with Gasteiger partial charge in [-0.25, -0.2) is 0 Å². The molecule has 86 valence electrons. The Morgan fingerprint density at radius 2 is 1.13 bits per heavy atom. The van der Waals surface area contributed by atoms with Gasteiger partial charge in [0.15, 0.2) is 0 Å². The molecule has 1 heterocycles. The summed E-state index contributed by atoms with van der Waals surface area (Å²) in [6.07, 6.45) is -0.954. The third-order valence-electron chi connectivity index (χ3n) is 1.11. The zero-order valence-corrected chi connectivity index (χ0v) is 7.91. The summed E-state index contributed by atoms with van der Waals surface area (Å²) in [5.41, 5.74) is 15.4. The molecule has 0 bridgehead atoms. The molecule has 15 heavy (non-hydrogen) atoms. The number of nitrogens with two attached hydrogens (primary N) is 3. The largest absolute Gasteiger partial charge is 0.394 e. The molecule has 0 aliphatic carbocycles. The van der Waals surface area contributed by atoms with Gasteiger partial charge in [0.25, 0.3) is 0 Å². The first-order valence-electron chi connectivity index (χ1n) is 3.91. The van der Waals surface area contributed by atoms with Crippen molar-refractivity contribution in [3.05, 3.63) is 0 Å². The highest BCUT2D eigenvalue weighted by Gasteiger charge is 1.94. The van der Waals surface area contributed by atoms with Gasteiger partial charge in [-0.2, -0.15) is 15.0 Å². The Morgan fingerprint density at radius 3 is 1.27 bits per heavy atom. The third-order valence-corrected chi connectivity index (χ3v) is 1.11. The van der Waals surface area contributed by atoms with E-state index in [0.29, 0.717) is 0 Å². The number of hydrogen-bond donors (Lipinski definition) is 6. The molecule has 9 N–H and O–H groups in total. The van der Waals surface area contributed by atoms with Gasteiger partial charge in [0.05, 0.1) is 13.2 Å². The van der Waals surface area contributed by atoms with Crippen LogP contribution in [0, 0.1) is 0 Å². The highest BCUT2D eigenvalue weighted by Crippen LogP contribution is 1.97. The first-order valence-corrected chi connectivity index (χ1v) is 3.91. The highest BCUT2D eigenvalue weighted by atomic mass is 16.3. The third kappa shape index (κ3) is 6.37. The fraction of sp³-hybridized carbons (Fsp3) is 0.500. The molecule has 1 aromatic heterocycles. The summed E-state index contributed by atoms with van der Waals surface area (Å²) in [5, 5.41) is 24.0. The summed E-state index contributed by atoms with van der Waals surface area (Å²) in [4.78, 5) is 10.5. The van der Waals surface area contributed by atoms with E-state index in [1.807, 2.05) is 0 Å². The van der Waals surface area contributed by atoms with Gasteiger partial charge >= 0.3 is 0 Å². The van der Waals surface area contributed by atoms with Crippen molar-refractivity contribution in [1.29, 1.82) is 0 Å². The Bertz CT molecular complexity index is 242. The molecule has 1 aromatic rings. The van der Waals surface area contributed by atoms with Gasteiger partial charge < -0.3 is 32.5 Å². The van der Waals surface area contributed by atoms with Gasteiger partial charge in [0.1, 0.15) is 6.10 Å². The molecule has 9 heteroatoms. The van der Waals surface area contributed by atoms with E-state index in [9.17, 15) is 0 Å². The quantitative estimate of drug-likeness (QED) is 0.301. The van der Waals surface area contributed by atoms with E-state index in [1.54, 1.807) is 0 Å². The van der Waals surface area contributed by atoms with Crippen molar-refractivity contribution in [3.63, 3.8) is 0 Å². The average Bonchev–Trinajstić information content (AvgIpc) is 2.15. The number of aliphatic hydroxyl groups is 3. The van der Waals surface area contributed by atoms with Gasteiger partial charge in [-0.3, -0.25) is 0 Å². The zero-order chi connectivity index (χ0) is 11.8. The van der Waals surface area contributed by atoms with Crippen LogP contribution in [0.25, 0.3) is 0 Å². The minimum Gasteiger partial charge on any atom is -0.394 e. The predicted molar refractivity (Wildman–Crippen MR) is 53.2 cm³/mol. The van der Waals surface area contributed by atoms with Crippen LogP contribution < -0.4 is 17.2 Å². The minimum absolute atomic E-state index is 0.0417. The molecule has 0 fully saturated rings. The van der Waals surface area contributed by atoms with Crippen LogP contribution in [0.1, 0.15) is 0 Å². The molecule has 0 unspecified atom stereocenters. The zero-order valence-electron chi connectivity index (χ0n) is 7.91. The molecule has 0 amide bonds. The predicted octanol–water partition coefficient (Wildman–Crippen LogP) is -3.05. The van der Waals surface area contributed by atoms with Gasteiger partial charge in [-0.15, -0.1) is 0 Å². The average molecular weight is 218 g/mol. The van der Waals surface area contributed by atoms with E-state index in [2.05, 4.69) is 15.0 Å². The molecule has 0 saturated carbocycles. The summed E-state index contributed by atoms with van der Waals surface area (Å²) in [6.45, 7) is -0.729. The standard InChI is InChI=1S/C3H6N6.C3H8O3/c4-1-7-2(5)9-3(6)8-1;4-1-3(6)2-5/h(H6,4,5,6,7,8,9);3-6H,1-2H2. The molecule has 0 radical (unpaired) electrons. The lowest BCUT2D eigenvalue weighted by atomic mass is 10.4. The molecule has 0 aliphatic rings. The SMILES string of the molecule is Nc1nc(N)nc(N)n1.OCC(O)CO. The molecule has 0 aliphatic heterocycles. The Kier molecular flexibility index (Phi) is 5.94. The summed E-state index contributed by atoms with van der Waals surface area (Å²) >= 11 is 0. The van der Waals surface area contributed by atoms with Gasteiger partial charge in [-0.1, -0.05) is 0 Å². The van der Waals surface area contributed by atoms with Crippen molar-refractivity contribution < 1.29 is 15.3 Å². The van der Waals surface area contributed by atoms with E-state index in [0.717, 1.165) is 0 Å². The fourth-order valence-corrected chi connectivity index (χ4v) is 0.485. The van der Waals surface area contributed by atoms with Crippen LogP contribution in [-0.2, 0) is 0 Å². The summed E-state index contributed by atoms with van der Waals surface area (Å²) < 4.78 is 0. The minimum atomic E-state index is -0.954. The first-order chi connectivity index (χ1) is 6.99. The Balaban J connectivity index is 0.000000288. The van der Waals surface area contributed by atoms with Crippen LogP contribution in [0.2, 0.25) is 0 Å². The molecule has 0 aromatic carbocycles. The van der Waals surface area contributed by atoms with Gasteiger partial charge in [0, 0.05) is 0 Å². The number of rotatable bonds is 2. The number of aliphatic hydroxyl groups excluding tert-OH is 3. The first kappa shape index (κ1) is 13.3. The molecule has 0 spiro atoms. The maximum absolute atomic E-state index is 8.17. The van der Waals surface area contributed by atoms with Crippen LogP contribution in [0.3, 0.4) is 0 Å². The smallest absolute Gasteiger partial charge is 0.226 e. The lowest BCUT2D eigenvalue weighted by Gasteiger charge is -1.96. The number of aromatic nitrogens is 3. The Morgan fingerprint density at radius 1 is 0.867 bits per heavy atom. The van der Waals surface area contributed by atoms with Gasteiger partial charge in [-0.05, 0) is 0 Å². The Labute approximate surface area is 85.6 Å². The second-order valence-corrected chi connectivity index (χ2v) is 2.43. The second-order valence-electron chi connectivity index (χ2n) is 2.43. The lowest BCUT2D eigenvalue weighted by Crippen LogP contribution is -2.15. The van der Waals surface area contributed by atoms with Crippen molar-refractivity contribution in [3.8, 4) is 0 Å². The van der Waals surface area contributed by atoms with E-state index >= 15 is 0 Å². The van der Waals surface area contributed by atoms with E-state index < -0.39 is 6.10 Å². The molecule has 9 nitrogen and oxygen atoms in total. The molecule has 0 saturated heterocycles. The van der Waals surface area contributed by atoms with Gasteiger partial charge in [0.2, 0.25) is 17.8 Å². The van der Waals surface area contributed by atoms with E-state index in [4.69, 9.17) is 32.5 Å². The van der Waals surface area contributed by atoms with Crippen LogP contribution in [0.15, 0.2) is 0 Å². The topological polar surface area (TPSA) is 177 Å². The number of nitrogen functional groups attached to an aromatic ring is 3. The van der Waals surface area contributed by atoms with Crippen LogP contribution in [0.5, 0.6) is 0 Å². The molecular weight excluding hydrogens is 204 g/mol. The van der Waals surface area contributed by atoms with Crippen molar-refractivity contribution in [2.45, 2.75) is 6.10 Å². The lowest BCUT2D eigenvalue weighted by molar-refractivity contribution is 0.0450. The van der Waals surface area contributed by atoms with E-state index in [-0.39, 0.29) is 31.1 Å². The molecular formula is C6H14N6O3. The number of nitrogens with zero attached hydrogens (tertiary/aromatic N) is 3. The second kappa shape index (κ2) is 6.70. The monoisotopic (exact) mass is 218 g/mol. The van der Waals surface area contributed by atoms with Crippen molar-refractivity contribution >= 4 is 17.8 Å². The maximum Gasteiger partial charge on any atom is 0.226 e. The maximum atomic E-state index is 8.17. The van der Waals surface area contributed by atoms with Crippen molar-refractivity contribution in [2.75, 3.05) is 30.4 Å². The fourth-order valence-electron chi connectivity index (χ4n) is 0.485. The van der Waals surface area contributed by atoms with Crippen LogP contribution >= 0.6 is 0 Å². The normalized spacial score (nSPS) is 9.60. The summed E-state index contributed by atoms with van der Waals surface area (Å²) in [6, 6.07) is 0. The molecule has 1 rings (SSSR count). The Hall–Kier alpha value is -1.71. The van der Waals surface area contributed by atoms with Crippen molar-refractivity contribution in [2.24, 2.45) is 0 Å². The van der Waals surface area contributed by atoms with Crippen LogP contribution in [0.4, 0.5) is 17.8 Å². The van der Waals surface area contributed by atoms with Crippen molar-refractivity contribution in [1.82, 2.24) is 15.0 Å². The summed E-state index contributed by atoms with van der Waals surface area (Å²) in [5.74, 6) is 0.125.